The summed E-state index contributed by atoms with van der Waals surface area (Å²) in [6.07, 6.45) is 0.188. The van der Waals surface area contributed by atoms with Crippen molar-refractivity contribution in [3.63, 3.8) is 0 Å². The van der Waals surface area contributed by atoms with Crippen LogP contribution in [0, 0.1) is 6.92 Å². The van der Waals surface area contributed by atoms with Gasteiger partial charge in [0, 0.05) is 26.4 Å². The van der Waals surface area contributed by atoms with Crippen LogP contribution in [0.2, 0.25) is 0 Å². The maximum Gasteiger partial charge on any atom is 0.310 e. The summed E-state index contributed by atoms with van der Waals surface area (Å²) in [7, 11) is 0. The zero-order valence-corrected chi connectivity index (χ0v) is 19.2. The third-order valence-electron chi connectivity index (χ3n) is 4.67. The number of hydrogen-bond acceptors (Lipinski definition) is 4. The molecule has 0 N–H and O–H groups in total. The first-order valence-electron chi connectivity index (χ1n) is 9.78. The van der Waals surface area contributed by atoms with E-state index in [1.807, 2.05) is 37.3 Å². The molecule has 29 heavy (non-hydrogen) atoms. The van der Waals surface area contributed by atoms with Gasteiger partial charge in [-0.05, 0) is 43.7 Å². The third-order valence-corrected chi connectivity index (χ3v) is 5.16. The predicted octanol–water partition coefficient (Wildman–Crippen LogP) is 6.49. The van der Waals surface area contributed by atoms with Crippen LogP contribution in [0.5, 0.6) is 5.75 Å². The molecule has 3 rings (SSSR count). The van der Waals surface area contributed by atoms with Gasteiger partial charge in [0.25, 0.3) is 0 Å². The minimum atomic E-state index is -0.255. The second-order valence-electron chi connectivity index (χ2n) is 8.18. The largest absolute Gasteiger partial charge is 0.488 e. The van der Waals surface area contributed by atoms with Crippen LogP contribution in [0.4, 0.5) is 0 Å². The molecule has 1 heterocycles. The number of furan rings is 1. The van der Waals surface area contributed by atoms with Crippen LogP contribution in [0.3, 0.4) is 0 Å². The maximum absolute atomic E-state index is 12.0. The van der Waals surface area contributed by atoms with Crippen LogP contribution < -0.4 is 4.74 Å². The van der Waals surface area contributed by atoms with E-state index in [0.29, 0.717) is 19.0 Å². The van der Waals surface area contributed by atoms with E-state index < -0.39 is 0 Å². The van der Waals surface area contributed by atoms with Crippen molar-refractivity contribution in [1.29, 1.82) is 0 Å². The first kappa shape index (κ1) is 21.4. The van der Waals surface area contributed by atoms with Crippen LogP contribution in [-0.4, -0.2) is 12.6 Å². The Morgan fingerprint density at radius 3 is 2.59 bits per heavy atom. The number of hydrogen-bond donors (Lipinski definition) is 0. The van der Waals surface area contributed by atoms with Gasteiger partial charge in [0.15, 0.2) is 0 Å². The zero-order chi connectivity index (χ0) is 21.2. The molecule has 0 fully saturated rings. The van der Waals surface area contributed by atoms with E-state index in [1.165, 1.54) is 0 Å². The molecule has 0 aliphatic rings. The molecule has 154 valence electrons. The molecule has 4 nitrogen and oxygen atoms in total. The number of ether oxygens (including phenoxy) is 2. The van der Waals surface area contributed by atoms with Crippen LogP contribution >= 0.6 is 15.9 Å². The highest BCUT2D eigenvalue weighted by molar-refractivity contribution is 9.10. The summed E-state index contributed by atoms with van der Waals surface area (Å²) in [5, 5.41) is 1.03. The quantitative estimate of drug-likeness (QED) is 0.396. The second-order valence-corrected chi connectivity index (χ2v) is 9.10. The highest BCUT2D eigenvalue weighted by Crippen LogP contribution is 2.36. The first-order valence-corrected chi connectivity index (χ1v) is 10.6. The standard InChI is InChI=1S/C24H27BrO4/c1-6-27-22(26)12-16-8-7-15(2)11-21(16)28-14-19-18-13-17(25)9-10-20(18)29-23(19)24(3,4)5/h7-11,13H,6,12,14H2,1-5H3. The topological polar surface area (TPSA) is 48.7 Å². The number of carbonyl (C=O) groups is 1. The molecule has 0 unspecified atom stereocenters. The Morgan fingerprint density at radius 1 is 1.14 bits per heavy atom. The molecule has 0 bridgehead atoms. The van der Waals surface area contributed by atoms with Crippen molar-refractivity contribution in [3.8, 4) is 5.75 Å². The highest BCUT2D eigenvalue weighted by Gasteiger charge is 2.26. The summed E-state index contributed by atoms with van der Waals surface area (Å²) >= 11 is 3.55. The van der Waals surface area contributed by atoms with Gasteiger partial charge in [-0.1, -0.05) is 48.8 Å². The average molecular weight is 459 g/mol. The molecule has 1 aromatic heterocycles. The monoisotopic (exact) mass is 458 g/mol. The van der Waals surface area contributed by atoms with Gasteiger partial charge >= 0.3 is 5.97 Å². The molecule has 3 aromatic rings. The molecule has 0 amide bonds. The number of carbonyl (C=O) groups excluding carboxylic acids is 1. The number of benzene rings is 2. The number of rotatable bonds is 6. The Labute approximate surface area is 180 Å². The van der Waals surface area contributed by atoms with E-state index in [9.17, 15) is 4.79 Å². The Kier molecular flexibility index (Phi) is 6.37. The lowest BCUT2D eigenvalue weighted by Gasteiger charge is -2.18. The molecule has 0 aliphatic carbocycles. The van der Waals surface area contributed by atoms with Gasteiger partial charge in [0.2, 0.25) is 0 Å². The fraction of sp³-hybridized carbons (Fsp3) is 0.375. The van der Waals surface area contributed by atoms with E-state index in [4.69, 9.17) is 13.9 Å². The maximum atomic E-state index is 12.0. The second kappa shape index (κ2) is 8.62. The average Bonchev–Trinajstić information content (AvgIpc) is 3.00. The van der Waals surface area contributed by atoms with E-state index in [1.54, 1.807) is 6.92 Å². The van der Waals surface area contributed by atoms with E-state index in [-0.39, 0.29) is 17.8 Å². The van der Waals surface area contributed by atoms with Crippen molar-refractivity contribution >= 4 is 32.9 Å². The van der Waals surface area contributed by atoms with E-state index in [0.717, 1.165) is 37.9 Å². The van der Waals surface area contributed by atoms with Crippen molar-refractivity contribution in [2.24, 2.45) is 0 Å². The number of fused-ring (bicyclic) bond motifs is 1. The molecule has 0 radical (unpaired) electrons. The molecule has 0 aliphatic heterocycles. The van der Waals surface area contributed by atoms with Crippen LogP contribution in [0.25, 0.3) is 11.0 Å². The Bertz CT molecular complexity index is 1030. The zero-order valence-electron chi connectivity index (χ0n) is 17.6. The van der Waals surface area contributed by atoms with Crippen LogP contribution in [0.15, 0.2) is 45.3 Å². The van der Waals surface area contributed by atoms with Gasteiger partial charge in [0.1, 0.15) is 23.7 Å². The lowest BCUT2D eigenvalue weighted by Crippen LogP contribution is -2.14. The molecule has 5 heteroatoms. The normalized spacial score (nSPS) is 11.7. The van der Waals surface area contributed by atoms with Crippen molar-refractivity contribution in [2.45, 2.75) is 53.1 Å². The molecule has 2 aromatic carbocycles. The molecule has 0 saturated heterocycles. The summed E-state index contributed by atoms with van der Waals surface area (Å²) < 4.78 is 18.5. The summed E-state index contributed by atoms with van der Waals surface area (Å²) in [4.78, 5) is 12.0. The Balaban J connectivity index is 1.96. The van der Waals surface area contributed by atoms with Gasteiger partial charge in [-0.15, -0.1) is 0 Å². The van der Waals surface area contributed by atoms with Gasteiger partial charge in [-0.25, -0.2) is 0 Å². The first-order chi connectivity index (χ1) is 13.7. The van der Waals surface area contributed by atoms with Crippen molar-refractivity contribution in [2.75, 3.05) is 6.61 Å². The SMILES string of the molecule is CCOC(=O)Cc1ccc(C)cc1OCc1c(C(C)(C)C)oc2ccc(Br)cc12. The lowest BCUT2D eigenvalue weighted by atomic mass is 9.90. The van der Waals surface area contributed by atoms with Crippen LogP contribution in [-0.2, 0) is 28.0 Å². The van der Waals surface area contributed by atoms with Crippen molar-refractivity contribution in [1.82, 2.24) is 0 Å². The molecule has 0 spiro atoms. The van der Waals surface area contributed by atoms with Gasteiger partial charge in [-0.2, -0.15) is 0 Å². The van der Waals surface area contributed by atoms with Gasteiger partial charge in [-0.3, -0.25) is 4.79 Å². The van der Waals surface area contributed by atoms with E-state index in [2.05, 4.69) is 42.8 Å². The Hall–Kier alpha value is -2.27. The van der Waals surface area contributed by atoms with Gasteiger partial charge < -0.3 is 13.9 Å². The van der Waals surface area contributed by atoms with E-state index >= 15 is 0 Å². The molecule has 0 saturated carbocycles. The minimum absolute atomic E-state index is 0.162. The smallest absolute Gasteiger partial charge is 0.310 e. The summed E-state index contributed by atoms with van der Waals surface area (Å²) in [6.45, 7) is 10.9. The van der Waals surface area contributed by atoms with Crippen molar-refractivity contribution in [3.05, 3.63) is 63.3 Å². The van der Waals surface area contributed by atoms with Gasteiger partial charge in [0.05, 0.1) is 13.0 Å². The molecular formula is C24H27BrO4. The third kappa shape index (κ3) is 5.02. The summed E-state index contributed by atoms with van der Waals surface area (Å²) in [6, 6.07) is 11.9. The van der Waals surface area contributed by atoms with Crippen molar-refractivity contribution < 1.29 is 18.7 Å². The summed E-state index contributed by atoms with van der Waals surface area (Å²) in [5.41, 5.74) is 3.60. The lowest BCUT2D eigenvalue weighted by molar-refractivity contribution is -0.142. The highest BCUT2D eigenvalue weighted by atomic mass is 79.9. The molecular weight excluding hydrogens is 432 g/mol. The number of aryl methyl sites for hydroxylation is 1. The van der Waals surface area contributed by atoms with Crippen LogP contribution in [0.1, 0.15) is 50.1 Å². The minimum Gasteiger partial charge on any atom is -0.488 e. The fourth-order valence-electron chi connectivity index (χ4n) is 3.33. The number of halogens is 1. The Morgan fingerprint density at radius 2 is 1.90 bits per heavy atom. The fourth-order valence-corrected chi connectivity index (χ4v) is 3.69. The molecule has 0 atom stereocenters. The number of esters is 1. The summed E-state index contributed by atoms with van der Waals surface area (Å²) in [5.74, 6) is 1.35. The predicted molar refractivity (Wildman–Crippen MR) is 118 cm³/mol.